The molecule has 1 aliphatic rings. The number of methoxy groups -OCH3 is 1. The van der Waals surface area contributed by atoms with E-state index in [1.54, 1.807) is 18.1 Å². The van der Waals surface area contributed by atoms with Crippen molar-refractivity contribution in [3.8, 4) is 11.8 Å². The van der Waals surface area contributed by atoms with Gasteiger partial charge in [0.1, 0.15) is 16.8 Å². The van der Waals surface area contributed by atoms with Crippen molar-refractivity contribution in [1.29, 1.82) is 5.26 Å². The minimum absolute atomic E-state index is 0.0710. The summed E-state index contributed by atoms with van der Waals surface area (Å²) < 4.78 is 44.9. The summed E-state index contributed by atoms with van der Waals surface area (Å²) in [7, 11) is 1.57. The summed E-state index contributed by atoms with van der Waals surface area (Å²) in [5, 5.41) is 9.18. The molecule has 0 N–H and O–H groups in total. The zero-order chi connectivity index (χ0) is 21.9. The van der Waals surface area contributed by atoms with Gasteiger partial charge in [0.25, 0.3) is 0 Å². The van der Waals surface area contributed by atoms with Crippen molar-refractivity contribution in [1.82, 2.24) is 9.88 Å². The Kier molecular flexibility index (Phi) is 6.56. The maximum atomic E-state index is 13.3. The fourth-order valence-electron chi connectivity index (χ4n) is 3.03. The summed E-state index contributed by atoms with van der Waals surface area (Å²) in [5.74, 6) is 0.433. The Bertz CT molecular complexity index is 967. The summed E-state index contributed by atoms with van der Waals surface area (Å²) in [5.41, 5.74) is -0.482. The lowest BCUT2D eigenvalue weighted by atomic mass is 10.1. The van der Waals surface area contributed by atoms with Crippen LogP contribution in [0.25, 0.3) is 0 Å². The number of nitriles is 1. The van der Waals surface area contributed by atoms with E-state index in [1.807, 2.05) is 24.3 Å². The zero-order valence-corrected chi connectivity index (χ0v) is 17.3. The lowest BCUT2D eigenvalue weighted by Crippen LogP contribution is -2.34. The number of hydrogen-bond donors (Lipinski definition) is 0. The third-order valence-electron chi connectivity index (χ3n) is 4.68. The Labute approximate surface area is 176 Å². The van der Waals surface area contributed by atoms with E-state index in [1.165, 1.54) is 6.92 Å². The van der Waals surface area contributed by atoms with Crippen molar-refractivity contribution in [2.45, 2.75) is 43.6 Å². The Morgan fingerprint density at radius 2 is 2.00 bits per heavy atom. The van der Waals surface area contributed by atoms with E-state index >= 15 is 0 Å². The summed E-state index contributed by atoms with van der Waals surface area (Å²) in [6, 6.07) is 9.96. The number of amides is 1. The molecule has 1 heterocycles. The molecule has 2 aromatic rings. The molecule has 1 aliphatic carbocycles. The fraction of sp³-hybridized carbons (Fsp3) is 0.381. The van der Waals surface area contributed by atoms with Gasteiger partial charge in [0.15, 0.2) is 0 Å². The van der Waals surface area contributed by atoms with Gasteiger partial charge in [0, 0.05) is 18.3 Å². The van der Waals surface area contributed by atoms with Crippen molar-refractivity contribution >= 4 is 17.7 Å². The molecule has 1 fully saturated rings. The molecule has 0 radical (unpaired) electrons. The summed E-state index contributed by atoms with van der Waals surface area (Å²) in [6.07, 6.45) is -2.86. The Morgan fingerprint density at radius 1 is 1.33 bits per heavy atom. The maximum absolute atomic E-state index is 13.3. The van der Waals surface area contributed by atoms with Gasteiger partial charge >= 0.3 is 6.18 Å². The standard InChI is InChI=1S/C21H20F3N3O2S/c1-13-9-18(21(22,23)24)17(10-25)20(26-13)30-12-19(28)27(15-5-6-15)11-14-3-7-16(29-2)8-4-14/h3-4,7-9,15H,5-6,11-12H2,1-2H3. The fourth-order valence-corrected chi connectivity index (χ4v) is 3.96. The van der Waals surface area contributed by atoms with Crippen molar-refractivity contribution in [2.24, 2.45) is 0 Å². The first kappa shape index (κ1) is 22.0. The normalized spacial score (nSPS) is 13.6. The van der Waals surface area contributed by atoms with E-state index in [-0.39, 0.29) is 28.4 Å². The molecule has 0 spiro atoms. The first-order valence-corrected chi connectivity index (χ1v) is 10.3. The van der Waals surface area contributed by atoms with E-state index < -0.39 is 17.3 Å². The van der Waals surface area contributed by atoms with Crippen molar-refractivity contribution < 1.29 is 22.7 Å². The molecule has 0 saturated heterocycles. The highest BCUT2D eigenvalue weighted by molar-refractivity contribution is 8.00. The van der Waals surface area contributed by atoms with Gasteiger partial charge in [0.05, 0.1) is 24.0 Å². The van der Waals surface area contributed by atoms with Crippen LogP contribution in [0.3, 0.4) is 0 Å². The summed E-state index contributed by atoms with van der Waals surface area (Å²) in [4.78, 5) is 18.6. The number of halogens is 3. The number of carbonyl (C=O) groups excluding carboxylic acids is 1. The van der Waals surface area contributed by atoms with E-state index in [2.05, 4.69) is 4.98 Å². The van der Waals surface area contributed by atoms with Crippen molar-refractivity contribution in [3.63, 3.8) is 0 Å². The number of pyridine rings is 1. The van der Waals surface area contributed by atoms with E-state index in [0.717, 1.165) is 36.2 Å². The minimum Gasteiger partial charge on any atom is -0.497 e. The molecule has 3 rings (SSSR count). The van der Waals surface area contributed by atoms with Crippen LogP contribution in [0.1, 0.15) is 35.2 Å². The van der Waals surface area contributed by atoms with Gasteiger partial charge in [-0.2, -0.15) is 18.4 Å². The number of aryl methyl sites for hydroxylation is 1. The van der Waals surface area contributed by atoms with Gasteiger partial charge in [-0.05, 0) is 43.5 Å². The van der Waals surface area contributed by atoms with Gasteiger partial charge in [-0.3, -0.25) is 4.79 Å². The highest BCUT2D eigenvalue weighted by atomic mass is 32.2. The number of carbonyl (C=O) groups is 1. The van der Waals surface area contributed by atoms with Crippen LogP contribution in [-0.4, -0.2) is 34.7 Å². The minimum atomic E-state index is -4.66. The quantitative estimate of drug-likeness (QED) is 0.596. The number of alkyl halides is 3. The van der Waals surface area contributed by atoms with Gasteiger partial charge in [0.2, 0.25) is 5.91 Å². The number of hydrogen-bond acceptors (Lipinski definition) is 5. The molecule has 9 heteroatoms. The molecule has 0 aliphatic heterocycles. The first-order valence-electron chi connectivity index (χ1n) is 9.27. The third-order valence-corrected chi connectivity index (χ3v) is 5.64. The number of rotatable bonds is 7. The first-order chi connectivity index (χ1) is 14.2. The van der Waals surface area contributed by atoms with Gasteiger partial charge < -0.3 is 9.64 Å². The molecule has 1 aromatic carbocycles. The maximum Gasteiger partial charge on any atom is 0.417 e. The SMILES string of the molecule is COc1ccc(CN(C(=O)CSc2nc(C)cc(C(F)(F)F)c2C#N)C2CC2)cc1. The Morgan fingerprint density at radius 3 is 2.53 bits per heavy atom. The van der Waals surface area contributed by atoms with Crippen LogP contribution in [0.2, 0.25) is 0 Å². The molecule has 1 aromatic heterocycles. The molecule has 1 amide bonds. The number of thioether (sulfide) groups is 1. The van der Waals surface area contributed by atoms with E-state index in [4.69, 9.17) is 4.74 Å². The van der Waals surface area contributed by atoms with Crippen LogP contribution in [0.4, 0.5) is 13.2 Å². The molecule has 0 atom stereocenters. The lowest BCUT2D eigenvalue weighted by Gasteiger charge is -2.23. The van der Waals surface area contributed by atoms with Crippen LogP contribution in [0.5, 0.6) is 5.75 Å². The lowest BCUT2D eigenvalue weighted by molar-refractivity contribution is -0.138. The smallest absolute Gasteiger partial charge is 0.417 e. The number of ether oxygens (including phenoxy) is 1. The largest absolute Gasteiger partial charge is 0.497 e. The molecular formula is C21H20F3N3O2S. The topological polar surface area (TPSA) is 66.2 Å². The highest BCUT2D eigenvalue weighted by Crippen LogP contribution is 2.36. The van der Waals surface area contributed by atoms with E-state index in [9.17, 15) is 23.2 Å². The summed E-state index contributed by atoms with van der Waals surface area (Å²) in [6.45, 7) is 1.84. The molecular weight excluding hydrogens is 415 g/mol. The average molecular weight is 435 g/mol. The molecule has 0 bridgehead atoms. The van der Waals surface area contributed by atoms with E-state index in [0.29, 0.717) is 12.3 Å². The number of nitrogens with zero attached hydrogens (tertiary/aromatic N) is 3. The van der Waals surface area contributed by atoms with Crippen LogP contribution >= 0.6 is 11.8 Å². The second-order valence-electron chi connectivity index (χ2n) is 6.99. The van der Waals surface area contributed by atoms with Gasteiger partial charge in [-0.1, -0.05) is 23.9 Å². The highest BCUT2D eigenvalue weighted by Gasteiger charge is 2.36. The second kappa shape index (κ2) is 8.96. The molecule has 5 nitrogen and oxygen atoms in total. The number of benzene rings is 1. The van der Waals surface area contributed by atoms with Gasteiger partial charge in [-0.25, -0.2) is 4.98 Å². The number of aromatic nitrogens is 1. The van der Waals surface area contributed by atoms with Gasteiger partial charge in [-0.15, -0.1) is 0 Å². The van der Waals surface area contributed by atoms with Crippen LogP contribution in [-0.2, 0) is 17.5 Å². The zero-order valence-electron chi connectivity index (χ0n) is 16.5. The van der Waals surface area contributed by atoms with Crippen molar-refractivity contribution in [2.75, 3.05) is 12.9 Å². The molecule has 1 saturated carbocycles. The second-order valence-corrected chi connectivity index (χ2v) is 7.95. The predicted octanol–water partition coefficient (Wildman–Crippen LogP) is 4.57. The monoisotopic (exact) mass is 435 g/mol. The summed E-state index contributed by atoms with van der Waals surface area (Å²) >= 11 is 0.870. The van der Waals surface area contributed by atoms with Crippen LogP contribution < -0.4 is 4.74 Å². The predicted molar refractivity (Wildman–Crippen MR) is 106 cm³/mol. The van der Waals surface area contributed by atoms with Crippen molar-refractivity contribution in [3.05, 3.63) is 52.7 Å². The average Bonchev–Trinajstić information content (AvgIpc) is 3.54. The Hall–Kier alpha value is -2.73. The molecule has 158 valence electrons. The Balaban J connectivity index is 1.74. The molecule has 30 heavy (non-hydrogen) atoms. The van der Waals surface area contributed by atoms with Crippen LogP contribution in [0.15, 0.2) is 35.4 Å². The van der Waals surface area contributed by atoms with Crippen LogP contribution in [0, 0.1) is 18.3 Å². The third kappa shape index (κ3) is 5.25. The molecule has 0 unspecified atom stereocenters.